The van der Waals surface area contributed by atoms with Gasteiger partial charge >= 0.3 is 0 Å². The van der Waals surface area contributed by atoms with Crippen molar-refractivity contribution in [2.45, 2.75) is 19.4 Å². The van der Waals surface area contributed by atoms with Crippen LogP contribution < -0.4 is 0 Å². The zero-order valence-corrected chi connectivity index (χ0v) is 12.7. The third-order valence-corrected chi connectivity index (χ3v) is 4.01. The molecule has 0 radical (unpaired) electrons. The first kappa shape index (κ1) is 14.7. The topological polar surface area (TPSA) is 50.3 Å². The monoisotopic (exact) mass is 314 g/mol. The molecule has 0 aliphatic carbocycles. The maximum absolute atomic E-state index is 12.5. The summed E-state index contributed by atoms with van der Waals surface area (Å²) in [6.45, 7) is 0.289. The molecular weight excluding hydrogens is 300 g/mol. The SMILES string of the molecule is O=C1CC(Cc2cccc(Cl)c2)C(=O)N1Cc1cccnc1. The van der Waals surface area contributed by atoms with E-state index in [1.54, 1.807) is 24.5 Å². The maximum Gasteiger partial charge on any atom is 0.233 e. The molecule has 4 nitrogen and oxygen atoms in total. The largest absolute Gasteiger partial charge is 0.278 e. The number of rotatable bonds is 4. The zero-order valence-electron chi connectivity index (χ0n) is 11.9. The van der Waals surface area contributed by atoms with Gasteiger partial charge in [0, 0.05) is 23.8 Å². The lowest BCUT2D eigenvalue weighted by molar-refractivity contribution is -0.140. The molecule has 112 valence electrons. The molecule has 1 aliphatic rings. The fraction of sp³-hybridized carbons (Fsp3) is 0.235. The summed E-state index contributed by atoms with van der Waals surface area (Å²) in [7, 11) is 0. The van der Waals surface area contributed by atoms with Gasteiger partial charge in [0.25, 0.3) is 0 Å². The Morgan fingerprint density at radius 3 is 2.73 bits per heavy atom. The Balaban J connectivity index is 1.71. The van der Waals surface area contributed by atoms with Gasteiger partial charge in [-0.3, -0.25) is 19.5 Å². The van der Waals surface area contributed by atoms with Crippen LogP contribution in [0.3, 0.4) is 0 Å². The Morgan fingerprint density at radius 2 is 2.00 bits per heavy atom. The fourth-order valence-electron chi connectivity index (χ4n) is 2.70. The van der Waals surface area contributed by atoms with Gasteiger partial charge in [-0.2, -0.15) is 0 Å². The summed E-state index contributed by atoms with van der Waals surface area (Å²) in [5.41, 5.74) is 1.83. The van der Waals surface area contributed by atoms with Gasteiger partial charge < -0.3 is 0 Å². The van der Waals surface area contributed by atoms with Gasteiger partial charge in [0.15, 0.2) is 0 Å². The van der Waals surface area contributed by atoms with Crippen molar-refractivity contribution in [2.75, 3.05) is 0 Å². The third kappa shape index (κ3) is 3.17. The van der Waals surface area contributed by atoms with Crippen molar-refractivity contribution in [1.29, 1.82) is 0 Å². The van der Waals surface area contributed by atoms with E-state index in [0.717, 1.165) is 11.1 Å². The number of halogens is 1. The molecule has 0 N–H and O–H groups in total. The minimum absolute atomic E-state index is 0.117. The first-order valence-corrected chi connectivity index (χ1v) is 7.49. The molecule has 0 saturated carbocycles. The lowest BCUT2D eigenvalue weighted by Gasteiger charge is -2.15. The Morgan fingerprint density at radius 1 is 1.18 bits per heavy atom. The van der Waals surface area contributed by atoms with Crippen molar-refractivity contribution in [2.24, 2.45) is 5.92 Å². The van der Waals surface area contributed by atoms with Gasteiger partial charge in [-0.1, -0.05) is 29.8 Å². The van der Waals surface area contributed by atoms with Crippen LogP contribution >= 0.6 is 11.6 Å². The van der Waals surface area contributed by atoms with Crippen LogP contribution in [-0.4, -0.2) is 21.7 Å². The van der Waals surface area contributed by atoms with E-state index >= 15 is 0 Å². The first-order chi connectivity index (χ1) is 10.6. The standard InChI is InChI=1S/C17H15ClN2O2/c18-15-5-1-3-12(8-15)7-14-9-16(21)20(17(14)22)11-13-4-2-6-19-10-13/h1-6,8,10,14H,7,9,11H2. The molecule has 22 heavy (non-hydrogen) atoms. The van der Waals surface area contributed by atoms with E-state index < -0.39 is 0 Å². The van der Waals surface area contributed by atoms with Gasteiger partial charge in [0.2, 0.25) is 11.8 Å². The molecule has 2 heterocycles. The smallest absolute Gasteiger partial charge is 0.233 e. The van der Waals surface area contributed by atoms with Crippen molar-refractivity contribution in [3.8, 4) is 0 Å². The lowest BCUT2D eigenvalue weighted by atomic mass is 9.98. The second kappa shape index (κ2) is 6.28. The number of aromatic nitrogens is 1. The molecule has 5 heteroatoms. The minimum atomic E-state index is -0.303. The van der Waals surface area contributed by atoms with E-state index in [1.807, 2.05) is 24.3 Å². The second-order valence-electron chi connectivity index (χ2n) is 5.41. The fourth-order valence-corrected chi connectivity index (χ4v) is 2.91. The average molecular weight is 315 g/mol. The van der Waals surface area contributed by atoms with E-state index in [1.165, 1.54) is 4.90 Å². The average Bonchev–Trinajstić information content (AvgIpc) is 2.76. The Kier molecular flexibility index (Phi) is 4.20. The zero-order chi connectivity index (χ0) is 15.5. The van der Waals surface area contributed by atoms with Crippen LogP contribution in [-0.2, 0) is 22.6 Å². The minimum Gasteiger partial charge on any atom is -0.278 e. The van der Waals surface area contributed by atoms with E-state index in [4.69, 9.17) is 11.6 Å². The molecule has 1 atom stereocenters. The van der Waals surface area contributed by atoms with Crippen molar-refractivity contribution in [3.05, 3.63) is 64.9 Å². The van der Waals surface area contributed by atoms with Crippen LogP contribution in [0.2, 0.25) is 5.02 Å². The molecule has 1 saturated heterocycles. The summed E-state index contributed by atoms with van der Waals surface area (Å²) in [4.78, 5) is 29.9. The summed E-state index contributed by atoms with van der Waals surface area (Å²) in [5.74, 6) is -0.544. The van der Waals surface area contributed by atoms with Crippen LogP contribution in [0.25, 0.3) is 0 Å². The second-order valence-corrected chi connectivity index (χ2v) is 5.85. The molecule has 1 fully saturated rings. The lowest BCUT2D eigenvalue weighted by Crippen LogP contribution is -2.30. The third-order valence-electron chi connectivity index (χ3n) is 3.77. The predicted molar refractivity (Wildman–Crippen MR) is 83.1 cm³/mol. The quantitative estimate of drug-likeness (QED) is 0.815. The summed E-state index contributed by atoms with van der Waals surface area (Å²) >= 11 is 5.96. The molecule has 1 aromatic heterocycles. The molecule has 2 aromatic rings. The van der Waals surface area contributed by atoms with Gasteiger partial charge in [0.05, 0.1) is 12.5 Å². The van der Waals surface area contributed by atoms with Gasteiger partial charge in [-0.05, 0) is 35.7 Å². The van der Waals surface area contributed by atoms with Crippen LogP contribution in [0.15, 0.2) is 48.8 Å². The number of nitrogens with zero attached hydrogens (tertiary/aromatic N) is 2. The summed E-state index contributed by atoms with van der Waals surface area (Å²) in [6.07, 6.45) is 4.13. The van der Waals surface area contributed by atoms with Crippen LogP contribution in [0.1, 0.15) is 17.5 Å². The number of hydrogen-bond donors (Lipinski definition) is 0. The predicted octanol–water partition coefficient (Wildman–Crippen LogP) is 2.85. The highest BCUT2D eigenvalue weighted by molar-refractivity contribution is 6.30. The molecule has 0 spiro atoms. The number of hydrogen-bond acceptors (Lipinski definition) is 3. The number of amides is 2. The van der Waals surface area contributed by atoms with Crippen molar-refractivity contribution in [1.82, 2.24) is 9.88 Å². The van der Waals surface area contributed by atoms with Crippen molar-refractivity contribution < 1.29 is 9.59 Å². The molecule has 1 unspecified atom stereocenters. The molecule has 3 rings (SSSR count). The number of benzene rings is 1. The molecule has 1 aromatic carbocycles. The van der Waals surface area contributed by atoms with Gasteiger partial charge in [0.1, 0.15) is 0 Å². The Hall–Kier alpha value is -2.20. The van der Waals surface area contributed by atoms with E-state index in [2.05, 4.69) is 4.98 Å². The van der Waals surface area contributed by atoms with Crippen LogP contribution in [0.4, 0.5) is 0 Å². The highest BCUT2D eigenvalue weighted by Gasteiger charge is 2.38. The number of carbonyl (C=O) groups excluding carboxylic acids is 2. The van der Waals surface area contributed by atoms with Crippen LogP contribution in [0.5, 0.6) is 0 Å². The van der Waals surface area contributed by atoms with E-state index in [-0.39, 0.29) is 30.7 Å². The Labute approximate surface area is 133 Å². The number of imide groups is 1. The van der Waals surface area contributed by atoms with Crippen LogP contribution in [0, 0.1) is 5.92 Å². The number of carbonyl (C=O) groups is 2. The van der Waals surface area contributed by atoms with Crippen molar-refractivity contribution >= 4 is 23.4 Å². The highest BCUT2D eigenvalue weighted by Crippen LogP contribution is 2.26. The number of likely N-dealkylation sites (tertiary alicyclic amines) is 1. The first-order valence-electron chi connectivity index (χ1n) is 7.11. The maximum atomic E-state index is 12.5. The molecular formula is C17H15ClN2O2. The van der Waals surface area contributed by atoms with E-state index in [0.29, 0.717) is 11.4 Å². The Bertz CT molecular complexity index is 703. The molecule has 0 bridgehead atoms. The van der Waals surface area contributed by atoms with Gasteiger partial charge in [-0.25, -0.2) is 0 Å². The molecule has 1 aliphatic heterocycles. The normalized spacial score (nSPS) is 18.0. The number of pyridine rings is 1. The summed E-state index contributed by atoms with van der Waals surface area (Å²) in [5, 5.41) is 0.640. The summed E-state index contributed by atoms with van der Waals surface area (Å²) < 4.78 is 0. The highest BCUT2D eigenvalue weighted by atomic mass is 35.5. The summed E-state index contributed by atoms with van der Waals surface area (Å²) in [6, 6.07) is 11.1. The van der Waals surface area contributed by atoms with E-state index in [9.17, 15) is 9.59 Å². The van der Waals surface area contributed by atoms with Gasteiger partial charge in [-0.15, -0.1) is 0 Å². The molecule has 2 amide bonds. The van der Waals surface area contributed by atoms with Crippen molar-refractivity contribution in [3.63, 3.8) is 0 Å².